The van der Waals surface area contributed by atoms with Gasteiger partial charge in [0.25, 0.3) is 0 Å². The first-order valence-electron chi connectivity index (χ1n) is 12.6. The molecule has 6 rings (SSSR count). The van der Waals surface area contributed by atoms with Gasteiger partial charge < -0.3 is 20.0 Å². The van der Waals surface area contributed by atoms with Gasteiger partial charge in [0, 0.05) is 59.3 Å². The van der Waals surface area contributed by atoms with Gasteiger partial charge in [-0.1, -0.05) is 52.0 Å². The minimum Gasteiger partial charge on any atom is -0.453 e. The number of amidine groups is 2. The average molecular weight is 458 g/mol. The fourth-order valence-corrected chi connectivity index (χ4v) is 4.17. The Morgan fingerprint density at radius 2 is 1.38 bits per heavy atom. The van der Waals surface area contributed by atoms with Crippen LogP contribution in [0.15, 0.2) is 62.9 Å². The standard InChI is InChI=1S/C24H23N5O.2C2H6/c1-7-25-23(26-8-1)18-6-4-15-11-19(29-20(15)12-18)16-3-5-17-14-22(30-21(17)13-16)24-27-9-2-10-28-24;2*1-2/h3-6,11-14,29H,1-2,7-10H2,(H,25,26)(H,27,28);2*1-2H3. The first-order chi connectivity index (χ1) is 16.8. The molecule has 34 heavy (non-hydrogen) atoms. The van der Waals surface area contributed by atoms with Gasteiger partial charge in [-0.15, -0.1) is 0 Å². The predicted octanol–water partition coefficient (Wildman–Crippen LogP) is 6.11. The molecule has 0 unspecified atom stereocenters. The van der Waals surface area contributed by atoms with E-state index in [0.717, 1.165) is 89.8 Å². The number of aromatic amines is 1. The van der Waals surface area contributed by atoms with Crippen LogP contribution in [0.3, 0.4) is 0 Å². The quantitative estimate of drug-likeness (QED) is 0.347. The highest BCUT2D eigenvalue weighted by Crippen LogP contribution is 2.29. The van der Waals surface area contributed by atoms with Crippen molar-refractivity contribution in [2.24, 2.45) is 9.98 Å². The van der Waals surface area contributed by atoms with Crippen LogP contribution in [0.1, 0.15) is 51.9 Å². The summed E-state index contributed by atoms with van der Waals surface area (Å²) in [7, 11) is 0. The van der Waals surface area contributed by atoms with E-state index >= 15 is 0 Å². The van der Waals surface area contributed by atoms with Gasteiger partial charge >= 0.3 is 0 Å². The minimum absolute atomic E-state index is 0.809. The maximum atomic E-state index is 6.11. The van der Waals surface area contributed by atoms with Crippen molar-refractivity contribution in [3.63, 3.8) is 0 Å². The monoisotopic (exact) mass is 457 g/mol. The van der Waals surface area contributed by atoms with Crippen LogP contribution in [0.4, 0.5) is 0 Å². The first-order valence-corrected chi connectivity index (χ1v) is 12.6. The lowest BCUT2D eigenvalue weighted by atomic mass is 10.1. The van der Waals surface area contributed by atoms with E-state index in [1.165, 1.54) is 5.39 Å². The Balaban J connectivity index is 0.000000652. The van der Waals surface area contributed by atoms with E-state index in [9.17, 15) is 0 Å². The van der Waals surface area contributed by atoms with E-state index in [-0.39, 0.29) is 0 Å². The molecule has 4 aromatic rings. The summed E-state index contributed by atoms with van der Waals surface area (Å²) in [5, 5.41) is 9.00. The van der Waals surface area contributed by atoms with Gasteiger partial charge in [-0.2, -0.15) is 0 Å². The number of hydrogen-bond donors (Lipinski definition) is 3. The van der Waals surface area contributed by atoms with Crippen molar-refractivity contribution < 1.29 is 4.42 Å². The molecule has 3 N–H and O–H groups in total. The van der Waals surface area contributed by atoms with Gasteiger partial charge in [-0.05, 0) is 37.1 Å². The number of furan rings is 1. The van der Waals surface area contributed by atoms with Gasteiger partial charge in [0.2, 0.25) is 0 Å². The highest BCUT2D eigenvalue weighted by molar-refractivity contribution is 6.03. The zero-order valence-corrected chi connectivity index (χ0v) is 20.7. The number of hydrogen-bond acceptors (Lipinski definition) is 5. The number of benzene rings is 2. The van der Waals surface area contributed by atoms with E-state index in [1.54, 1.807) is 0 Å². The van der Waals surface area contributed by atoms with Crippen molar-refractivity contribution >= 4 is 33.5 Å². The van der Waals surface area contributed by atoms with Crippen molar-refractivity contribution in [2.45, 2.75) is 40.5 Å². The SMILES string of the molecule is CC.CC.c1cc2cc(-c3ccc4cc(C5=NCCCN5)oc4c3)[nH]c2cc1C1=NCCCN1. The molecule has 0 radical (unpaired) electrons. The van der Waals surface area contributed by atoms with Crippen LogP contribution in [0.2, 0.25) is 0 Å². The maximum absolute atomic E-state index is 6.11. The Morgan fingerprint density at radius 1 is 0.706 bits per heavy atom. The Labute approximate surface area is 201 Å². The smallest absolute Gasteiger partial charge is 0.170 e. The van der Waals surface area contributed by atoms with Crippen LogP contribution in [-0.2, 0) is 0 Å². The Morgan fingerprint density at radius 3 is 2.09 bits per heavy atom. The molecule has 0 spiro atoms. The third-order valence-electron chi connectivity index (χ3n) is 5.75. The lowest BCUT2D eigenvalue weighted by Gasteiger charge is -2.14. The molecule has 0 atom stereocenters. The van der Waals surface area contributed by atoms with Crippen LogP contribution >= 0.6 is 0 Å². The summed E-state index contributed by atoms with van der Waals surface area (Å²) >= 11 is 0. The number of aliphatic imine (C=N–C) groups is 2. The van der Waals surface area contributed by atoms with E-state index in [0.29, 0.717) is 0 Å². The van der Waals surface area contributed by atoms with Crippen LogP contribution < -0.4 is 10.6 Å². The van der Waals surface area contributed by atoms with Gasteiger partial charge in [-0.25, -0.2) is 0 Å². The molecule has 0 bridgehead atoms. The van der Waals surface area contributed by atoms with E-state index in [2.05, 4.69) is 74.1 Å². The lowest BCUT2D eigenvalue weighted by molar-refractivity contribution is 0.592. The molecule has 2 aromatic heterocycles. The number of rotatable bonds is 3. The molecule has 0 saturated carbocycles. The molecule has 0 aliphatic carbocycles. The number of nitrogens with zero attached hydrogens (tertiary/aromatic N) is 2. The highest BCUT2D eigenvalue weighted by atomic mass is 16.3. The predicted molar refractivity (Wildman–Crippen MR) is 144 cm³/mol. The summed E-state index contributed by atoms with van der Waals surface area (Å²) in [5.74, 6) is 2.66. The first kappa shape index (κ1) is 23.6. The summed E-state index contributed by atoms with van der Waals surface area (Å²) < 4.78 is 6.11. The normalized spacial score (nSPS) is 15.2. The number of aromatic nitrogens is 1. The number of nitrogens with one attached hydrogen (secondary N) is 3. The second kappa shape index (κ2) is 11.1. The molecule has 2 aromatic carbocycles. The molecule has 6 nitrogen and oxygen atoms in total. The van der Waals surface area contributed by atoms with E-state index in [4.69, 9.17) is 4.42 Å². The minimum atomic E-state index is 0.809. The third-order valence-corrected chi connectivity index (χ3v) is 5.75. The van der Waals surface area contributed by atoms with Gasteiger partial charge in [0.15, 0.2) is 11.6 Å². The van der Waals surface area contributed by atoms with Crippen LogP contribution in [0.5, 0.6) is 0 Å². The average Bonchev–Trinajstić information content (AvgIpc) is 3.55. The molecular weight excluding hydrogens is 422 g/mol. The molecule has 4 heterocycles. The van der Waals surface area contributed by atoms with Gasteiger partial charge in [0.05, 0.1) is 0 Å². The third kappa shape index (κ3) is 4.86. The Hall–Kier alpha value is -3.54. The second-order valence-electron chi connectivity index (χ2n) is 7.87. The molecule has 0 saturated heterocycles. The summed E-state index contributed by atoms with van der Waals surface area (Å²) in [4.78, 5) is 12.7. The topological polar surface area (TPSA) is 77.7 Å². The Bertz CT molecular complexity index is 1290. The summed E-state index contributed by atoms with van der Waals surface area (Å²) in [5.41, 5.74) is 5.29. The second-order valence-corrected chi connectivity index (χ2v) is 7.87. The summed E-state index contributed by atoms with van der Waals surface area (Å²) in [6.45, 7) is 11.7. The fraction of sp³-hybridized carbons (Fsp3) is 0.357. The largest absolute Gasteiger partial charge is 0.453 e. The molecule has 2 aliphatic heterocycles. The summed E-state index contributed by atoms with van der Waals surface area (Å²) in [6.07, 6.45) is 2.16. The van der Waals surface area contributed by atoms with Crippen molar-refractivity contribution in [2.75, 3.05) is 26.2 Å². The molecule has 178 valence electrons. The highest BCUT2D eigenvalue weighted by Gasteiger charge is 2.14. The maximum Gasteiger partial charge on any atom is 0.170 e. The van der Waals surface area contributed by atoms with Crippen LogP contribution in [0.25, 0.3) is 33.1 Å². The number of fused-ring (bicyclic) bond motifs is 2. The van der Waals surface area contributed by atoms with E-state index < -0.39 is 0 Å². The van der Waals surface area contributed by atoms with Crippen LogP contribution in [0, 0.1) is 0 Å². The molecular formula is C28H35N5O. The zero-order valence-electron chi connectivity index (χ0n) is 20.7. The van der Waals surface area contributed by atoms with Crippen LogP contribution in [-0.4, -0.2) is 42.8 Å². The number of H-pyrrole nitrogens is 1. The molecule has 0 amide bonds. The van der Waals surface area contributed by atoms with Gasteiger partial charge in [-0.3, -0.25) is 9.98 Å². The molecule has 2 aliphatic rings. The summed E-state index contributed by atoms with van der Waals surface area (Å²) in [6, 6.07) is 17.1. The zero-order chi connectivity index (χ0) is 23.9. The molecule has 0 fully saturated rings. The van der Waals surface area contributed by atoms with Crippen molar-refractivity contribution in [1.29, 1.82) is 0 Å². The van der Waals surface area contributed by atoms with Crippen molar-refractivity contribution in [3.8, 4) is 11.3 Å². The fourth-order valence-electron chi connectivity index (χ4n) is 4.17. The lowest BCUT2D eigenvalue weighted by Crippen LogP contribution is -2.30. The van der Waals surface area contributed by atoms with Gasteiger partial charge in [0.1, 0.15) is 11.4 Å². The van der Waals surface area contributed by atoms with Crippen molar-refractivity contribution in [1.82, 2.24) is 15.6 Å². The van der Waals surface area contributed by atoms with E-state index in [1.807, 2.05) is 27.7 Å². The van der Waals surface area contributed by atoms with Crippen molar-refractivity contribution in [3.05, 3.63) is 59.9 Å². The molecule has 6 heteroatoms. The Kier molecular flexibility index (Phi) is 7.68.